The monoisotopic (exact) mass is 1370 g/mol. The van der Waals surface area contributed by atoms with E-state index in [0.29, 0.717) is 112 Å². The molecule has 0 bridgehead atoms. The zero-order valence-corrected chi connectivity index (χ0v) is 55.2. The lowest BCUT2D eigenvalue weighted by Crippen LogP contribution is -2.52. The summed E-state index contributed by atoms with van der Waals surface area (Å²) in [7, 11) is 0. The molecule has 2 aliphatic carbocycles. The van der Waals surface area contributed by atoms with Crippen LogP contribution < -0.4 is 24.3 Å². The van der Waals surface area contributed by atoms with Gasteiger partial charge >= 0.3 is 6.09 Å². The molecule has 10 rings (SSSR count). The Labute approximate surface area is 559 Å². The first-order valence-electron chi connectivity index (χ1n) is 29.2. The van der Waals surface area contributed by atoms with E-state index in [2.05, 4.69) is 5.32 Å². The highest BCUT2D eigenvalue weighted by atomic mass is 35.5. The Morgan fingerprint density at radius 2 is 0.933 bits per heavy atom. The molecule has 14 nitrogen and oxygen atoms in total. The number of halogens is 8. The molecular formula is C67H68Cl8N4O10. The Morgan fingerprint density at radius 1 is 0.528 bits per heavy atom. The van der Waals surface area contributed by atoms with Gasteiger partial charge in [0.2, 0.25) is 0 Å². The average molecular weight is 1370 g/mol. The van der Waals surface area contributed by atoms with Crippen molar-refractivity contribution in [2.45, 2.75) is 102 Å². The van der Waals surface area contributed by atoms with Gasteiger partial charge < -0.3 is 49.0 Å². The van der Waals surface area contributed by atoms with Crippen LogP contribution in [0, 0.1) is 0 Å². The van der Waals surface area contributed by atoms with Crippen molar-refractivity contribution >= 4 is 122 Å². The van der Waals surface area contributed by atoms with Gasteiger partial charge in [0.25, 0.3) is 11.8 Å². The summed E-state index contributed by atoms with van der Waals surface area (Å²) in [5.74, 6) is 1.73. The van der Waals surface area contributed by atoms with Crippen molar-refractivity contribution in [2.24, 2.45) is 0 Å². The van der Waals surface area contributed by atoms with Gasteiger partial charge in [-0.25, -0.2) is 4.79 Å². The molecule has 3 amide bonds. The summed E-state index contributed by atoms with van der Waals surface area (Å²) in [5.41, 5.74) is 5.04. The molecule has 0 saturated heterocycles. The third-order valence-corrected chi connectivity index (χ3v) is 18.1. The van der Waals surface area contributed by atoms with Crippen molar-refractivity contribution in [1.29, 1.82) is 0 Å². The molecular weight excluding hydrogens is 1300 g/mol. The normalized spacial score (nSPS) is 16.7. The number of nitrogens with zero attached hydrogens (tertiary/aromatic N) is 3. The molecule has 89 heavy (non-hydrogen) atoms. The van der Waals surface area contributed by atoms with Crippen LogP contribution in [-0.4, -0.2) is 125 Å². The quantitative estimate of drug-likeness (QED) is 0.0555. The predicted octanol–water partition coefficient (Wildman–Crippen LogP) is 15.8. The lowest BCUT2D eigenvalue weighted by Gasteiger charge is -2.39. The van der Waals surface area contributed by atoms with Gasteiger partial charge in [0.15, 0.2) is 11.5 Å². The van der Waals surface area contributed by atoms with Crippen LogP contribution in [0.1, 0.15) is 81.5 Å². The second-order valence-electron chi connectivity index (χ2n) is 22.6. The first-order chi connectivity index (χ1) is 42.7. The molecule has 3 N–H and O–H groups in total. The van der Waals surface area contributed by atoms with Gasteiger partial charge in [-0.1, -0.05) is 153 Å². The fraction of sp³-hybridized carbons (Fsp3) is 0.358. The van der Waals surface area contributed by atoms with Crippen molar-refractivity contribution in [3.63, 3.8) is 0 Å². The number of carbonyl (C=O) groups excluding carboxylic acids is 3. The van der Waals surface area contributed by atoms with Crippen molar-refractivity contribution in [3.05, 3.63) is 195 Å². The number of para-hydroxylation sites is 2. The molecule has 22 heteroatoms. The Balaban J connectivity index is 0.000000214. The summed E-state index contributed by atoms with van der Waals surface area (Å²) < 4.78 is 28.8. The maximum absolute atomic E-state index is 14.6. The lowest BCUT2D eigenvalue weighted by molar-refractivity contribution is -0.129. The maximum atomic E-state index is 14.6. The Morgan fingerprint density at radius 3 is 1.35 bits per heavy atom. The number of aliphatic hydroxyl groups is 2. The molecule has 2 aliphatic heterocycles. The number of nitrogens with one attached hydrogen (secondary N) is 1. The number of rotatable bonds is 22. The molecule has 4 aliphatic rings. The minimum atomic E-state index is -0.920. The minimum Gasteiger partial charge on any atom is -0.490 e. The highest BCUT2D eigenvalue weighted by Crippen LogP contribution is 2.41. The van der Waals surface area contributed by atoms with E-state index in [-0.39, 0.29) is 63.4 Å². The molecule has 472 valence electrons. The molecule has 0 radical (unpaired) electrons. The molecule has 2 saturated carbocycles. The zero-order chi connectivity index (χ0) is 63.5. The lowest BCUT2D eigenvalue weighted by atomic mass is 9.87. The van der Waals surface area contributed by atoms with Crippen LogP contribution in [0.3, 0.4) is 0 Å². The second-order valence-corrected chi connectivity index (χ2v) is 25.8. The molecule has 6 aromatic carbocycles. The van der Waals surface area contributed by atoms with Gasteiger partial charge in [0.1, 0.15) is 43.5 Å². The van der Waals surface area contributed by atoms with E-state index in [9.17, 15) is 24.6 Å². The smallest absolute Gasteiger partial charge is 0.410 e. The van der Waals surface area contributed by atoms with Crippen LogP contribution in [0.15, 0.2) is 132 Å². The topological polar surface area (TPSA) is 160 Å². The highest BCUT2D eigenvalue weighted by molar-refractivity contribution is 6.43. The number of aliphatic hydroxyl groups excluding tert-OH is 2. The minimum absolute atomic E-state index is 0.00353. The predicted molar refractivity (Wildman–Crippen MR) is 354 cm³/mol. The third-order valence-electron chi connectivity index (χ3n) is 15.2. The van der Waals surface area contributed by atoms with Crippen molar-refractivity contribution < 1.29 is 48.3 Å². The van der Waals surface area contributed by atoms with Crippen molar-refractivity contribution in [2.75, 3.05) is 52.7 Å². The standard InChI is InChI=1S/C36H38Cl4N2O6.C31H30Cl4N2O4/c1-36(2,3)48-35(45)41-17-16-26(22-10-14-25(15-11-22)46-18-19-47-33-28(38)8-5-9-29(33)39)31(30(41)21-43)34(44)42(24-12-13-24)20-23-6-4-7-27(37)32(23)40;32-24-4-1-3-20(29(24)35)17-37(21-9-10-21)31(39)28-23(13-14-36-27(28)18-38)19-7-11-22(12-8-19)40-15-16-41-30-25(33)5-2-6-26(30)34/h4-11,14-15,24,30,43H,12-13,16-21H2,1-3H3;1-8,11-12,21,27,36,38H,9-10,13-18H2/t30-;27-/m11/s1. The number of ether oxygens (including phenoxy) is 5. The van der Waals surface area contributed by atoms with E-state index < -0.39 is 30.4 Å². The van der Waals surface area contributed by atoms with Crippen LogP contribution in [0.25, 0.3) is 11.1 Å². The third kappa shape index (κ3) is 17.5. The average Bonchev–Trinajstić information content (AvgIpc) is 2.01. The van der Waals surface area contributed by atoms with Gasteiger partial charge in [-0.3, -0.25) is 14.5 Å². The number of hydrogen-bond donors (Lipinski definition) is 3. The van der Waals surface area contributed by atoms with Crippen LogP contribution in [0.2, 0.25) is 40.2 Å². The summed E-state index contributed by atoms with van der Waals surface area (Å²) in [6.45, 7) is 7.23. The summed E-state index contributed by atoms with van der Waals surface area (Å²) in [6.07, 6.45) is 3.98. The molecule has 0 aromatic heterocycles. The molecule has 6 aromatic rings. The van der Waals surface area contributed by atoms with Crippen molar-refractivity contribution in [1.82, 2.24) is 20.0 Å². The number of amides is 3. The summed E-state index contributed by atoms with van der Waals surface area (Å²) in [5, 5.41) is 27.7. The molecule has 2 heterocycles. The number of benzene rings is 6. The van der Waals surface area contributed by atoms with Crippen molar-refractivity contribution in [3.8, 4) is 23.0 Å². The molecule has 0 unspecified atom stereocenters. The number of carbonyl (C=O) groups is 3. The number of hydrogen-bond acceptors (Lipinski definition) is 11. The van der Waals surface area contributed by atoms with E-state index in [1.54, 1.807) is 80.3 Å². The van der Waals surface area contributed by atoms with Crippen LogP contribution in [0.5, 0.6) is 23.0 Å². The SMILES string of the molecule is CC(C)(C)OC(=O)N1CCC(c2ccc(OCCOc3c(Cl)cccc3Cl)cc2)=C(C(=O)N(Cc2cccc(Cl)c2Cl)C2CC2)[C@H]1CO.O=C(C1=C(c2ccc(OCCOc3c(Cl)cccc3Cl)cc2)CCN[C@@H]1CO)N(Cc1cccc(Cl)c1Cl)C1CC1. The summed E-state index contributed by atoms with van der Waals surface area (Å²) in [4.78, 5) is 47.2. The largest absolute Gasteiger partial charge is 0.490 e. The van der Waals surface area contributed by atoms with Gasteiger partial charge in [0, 0.05) is 42.9 Å². The molecule has 2 fully saturated rings. The van der Waals surface area contributed by atoms with E-state index in [0.717, 1.165) is 53.5 Å². The highest BCUT2D eigenvalue weighted by Gasteiger charge is 2.43. The van der Waals surface area contributed by atoms with Gasteiger partial charge in [0.05, 0.1) is 65.5 Å². The second kappa shape index (κ2) is 31.2. The van der Waals surface area contributed by atoms with E-state index in [1.165, 1.54) is 4.90 Å². The first-order valence-corrected chi connectivity index (χ1v) is 32.3. The summed E-state index contributed by atoms with van der Waals surface area (Å²) in [6, 6.07) is 34.9. The van der Waals surface area contributed by atoms with E-state index >= 15 is 0 Å². The van der Waals surface area contributed by atoms with E-state index in [1.807, 2.05) is 71.6 Å². The van der Waals surface area contributed by atoms with E-state index in [4.69, 9.17) is 116 Å². The Bertz CT molecular complexity index is 3520. The first kappa shape index (κ1) is 67.8. The van der Waals surface area contributed by atoms with Gasteiger partial charge in [-0.2, -0.15) is 0 Å². The van der Waals surface area contributed by atoms with Gasteiger partial charge in [-0.05, 0) is 160 Å². The fourth-order valence-electron chi connectivity index (χ4n) is 10.6. The fourth-order valence-corrected chi connectivity index (χ4v) is 12.4. The van der Waals surface area contributed by atoms with Crippen LogP contribution >= 0.6 is 92.8 Å². The van der Waals surface area contributed by atoms with Crippen LogP contribution in [-0.2, 0) is 27.4 Å². The Kier molecular flexibility index (Phi) is 23.7. The molecule has 0 spiro atoms. The molecule has 2 atom stereocenters. The Hall–Kier alpha value is -5.59. The van der Waals surface area contributed by atoms with Crippen LogP contribution in [0.4, 0.5) is 4.79 Å². The van der Waals surface area contributed by atoms with Gasteiger partial charge in [-0.15, -0.1) is 0 Å². The summed E-state index contributed by atoms with van der Waals surface area (Å²) >= 11 is 50.2. The maximum Gasteiger partial charge on any atom is 0.410 e. The zero-order valence-electron chi connectivity index (χ0n) is 49.2.